The number of hydrogen-bond donors (Lipinski definition) is 1. The smallest absolute Gasteiger partial charge is 0.132 e. The average molecular weight is 283 g/mol. The molecule has 0 saturated carbocycles. The van der Waals surface area contributed by atoms with Crippen LogP contribution in [-0.4, -0.2) is 0 Å². The SMILES string of the molecule is C[C@@H](N)c1ccc2ccccc2c1OCc1cccs1. The van der Waals surface area contributed by atoms with Gasteiger partial charge in [0.25, 0.3) is 0 Å². The molecule has 0 bridgehead atoms. The minimum Gasteiger partial charge on any atom is -0.487 e. The van der Waals surface area contributed by atoms with Crippen molar-refractivity contribution in [1.82, 2.24) is 0 Å². The normalized spacial score (nSPS) is 12.5. The molecule has 20 heavy (non-hydrogen) atoms. The average Bonchev–Trinajstić information content (AvgIpc) is 2.97. The van der Waals surface area contributed by atoms with E-state index in [4.69, 9.17) is 10.5 Å². The Bertz CT molecular complexity index is 704. The Kier molecular flexibility index (Phi) is 3.72. The maximum atomic E-state index is 6.09. The van der Waals surface area contributed by atoms with Gasteiger partial charge in [0.2, 0.25) is 0 Å². The summed E-state index contributed by atoms with van der Waals surface area (Å²) in [5.41, 5.74) is 7.13. The van der Waals surface area contributed by atoms with Crippen LogP contribution in [0.3, 0.4) is 0 Å². The number of fused-ring (bicyclic) bond motifs is 1. The minimum absolute atomic E-state index is 0.0436. The maximum Gasteiger partial charge on any atom is 0.132 e. The van der Waals surface area contributed by atoms with Gasteiger partial charge in [-0.2, -0.15) is 0 Å². The fourth-order valence-electron chi connectivity index (χ4n) is 2.32. The molecule has 2 N–H and O–H groups in total. The standard InChI is InChI=1S/C17H17NOS/c1-12(18)15-9-8-13-5-2-3-7-16(13)17(15)19-11-14-6-4-10-20-14/h2-10,12H,11,18H2,1H3/t12-/m1/s1. The van der Waals surface area contributed by atoms with Crippen LogP contribution in [0.25, 0.3) is 10.8 Å². The molecule has 0 unspecified atom stereocenters. The van der Waals surface area contributed by atoms with E-state index in [1.54, 1.807) is 11.3 Å². The summed E-state index contributed by atoms with van der Waals surface area (Å²) in [7, 11) is 0. The quantitative estimate of drug-likeness (QED) is 0.765. The Labute approximate surface area is 122 Å². The molecule has 0 amide bonds. The Balaban J connectivity index is 2.03. The van der Waals surface area contributed by atoms with E-state index in [1.165, 1.54) is 10.3 Å². The number of nitrogens with two attached hydrogens (primary N) is 1. The second-order valence-electron chi connectivity index (χ2n) is 4.86. The highest BCUT2D eigenvalue weighted by Crippen LogP contribution is 2.33. The van der Waals surface area contributed by atoms with E-state index < -0.39 is 0 Å². The zero-order valence-electron chi connectivity index (χ0n) is 11.4. The van der Waals surface area contributed by atoms with Crippen LogP contribution >= 0.6 is 11.3 Å². The predicted molar refractivity (Wildman–Crippen MR) is 85.2 cm³/mol. The van der Waals surface area contributed by atoms with Crippen LogP contribution in [0, 0.1) is 0 Å². The van der Waals surface area contributed by atoms with Crippen LogP contribution < -0.4 is 10.5 Å². The molecule has 3 rings (SSSR count). The molecule has 0 aliphatic heterocycles. The van der Waals surface area contributed by atoms with Gasteiger partial charge in [0.05, 0.1) is 0 Å². The van der Waals surface area contributed by atoms with Crippen LogP contribution in [0.1, 0.15) is 23.4 Å². The Hall–Kier alpha value is -1.84. The number of thiophene rings is 1. The van der Waals surface area contributed by atoms with Crippen molar-refractivity contribution in [3.8, 4) is 5.75 Å². The monoisotopic (exact) mass is 283 g/mol. The first-order chi connectivity index (χ1) is 9.75. The van der Waals surface area contributed by atoms with Crippen molar-refractivity contribution >= 4 is 22.1 Å². The number of rotatable bonds is 4. The molecule has 2 aromatic carbocycles. The molecule has 0 fully saturated rings. The predicted octanol–water partition coefficient (Wildman–Crippen LogP) is 4.50. The molecule has 2 nitrogen and oxygen atoms in total. The number of hydrogen-bond acceptors (Lipinski definition) is 3. The third-order valence-corrected chi connectivity index (χ3v) is 4.19. The molecular weight excluding hydrogens is 266 g/mol. The van der Waals surface area contributed by atoms with E-state index in [9.17, 15) is 0 Å². The van der Waals surface area contributed by atoms with Gasteiger partial charge in [0, 0.05) is 21.9 Å². The van der Waals surface area contributed by atoms with Crippen molar-refractivity contribution < 1.29 is 4.74 Å². The lowest BCUT2D eigenvalue weighted by Crippen LogP contribution is -2.08. The van der Waals surface area contributed by atoms with Crippen molar-refractivity contribution in [1.29, 1.82) is 0 Å². The van der Waals surface area contributed by atoms with E-state index in [1.807, 2.05) is 25.1 Å². The lowest BCUT2D eigenvalue weighted by Gasteiger charge is -2.16. The first kappa shape index (κ1) is 13.2. The highest BCUT2D eigenvalue weighted by Gasteiger charge is 2.12. The Morgan fingerprint density at radius 2 is 1.95 bits per heavy atom. The largest absolute Gasteiger partial charge is 0.487 e. The summed E-state index contributed by atoms with van der Waals surface area (Å²) < 4.78 is 6.09. The van der Waals surface area contributed by atoms with Crippen molar-refractivity contribution in [2.75, 3.05) is 0 Å². The lowest BCUT2D eigenvalue weighted by molar-refractivity contribution is 0.309. The van der Waals surface area contributed by atoms with Crippen LogP contribution in [0.15, 0.2) is 53.9 Å². The van der Waals surface area contributed by atoms with E-state index >= 15 is 0 Å². The van der Waals surface area contributed by atoms with Crippen molar-refractivity contribution in [2.24, 2.45) is 5.73 Å². The summed E-state index contributed by atoms with van der Waals surface area (Å²) in [5.74, 6) is 0.909. The third-order valence-electron chi connectivity index (χ3n) is 3.34. The molecule has 1 atom stereocenters. The van der Waals surface area contributed by atoms with Crippen molar-refractivity contribution in [3.05, 3.63) is 64.4 Å². The molecule has 0 aliphatic carbocycles. The Morgan fingerprint density at radius 3 is 2.70 bits per heavy atom. The van der Waals surface area contributed by atoms with E-state index in [0.29, 0.717) is 6.61 Å². The third kappa shape index (κ3) is 2.55. The summed E-state index contributed by atoms with van der Waals surface area (Å²) in [6.07, 6.45) is 0. The first-order valence-corrected chi connectivity index (χ1v) is 7.56. The van der Waals surface area contributed by atoms with Gasteiger partial charge in [-0.1, -0.05) is 42.5 Å². The maximum absolute atomic E-state index is 6.09. The van der Waals surface area contributed by atoms with Gasteiger partial charge in [0.1, 0.15) is 12.4 Å². The van der Waals surface area contributed by atoms with Gasteiger partial charge in [-0.05, 0) is 23.8 Å². The summed E-state index contributed by atoms with van der Waals surface area (Å²) >= 11 is 1.71. The van der Waals surface area contributed by atoms with Crippen LogP contribution in [0.4, 0.5) is 0 Å². The van der Waals surface area contributed by atoms with Crippen molar-refractivity contribution in [3.63, 3.8) is 0 Å². The molecule has 0 spiro atoms. The second kappa shape index (κ2) is 5.65. The van der Waals surface area contributed by atoms with Gasteiger partial charge >= 0.3 is 0 Å². The minimum atomic E-state index is -0.0436. The van der Waals surface area contributed by atoms with E-state index in [-0.39, 0.29) is 6.04 Å². The van der Waals surface area contributed by atoms with Crippen molar-refractivity contribution in [2.45, 2.75) is 19.6 Å². The molecule has 3 heteroatoms. The zero-order chi connectivity index (χ0) is 13.9. The molecule has 3 aromatic rings. The first-order valence-electron chi connectivity index (χ1n) is 6.68. The fourth-order valence-corrected chi connectivity index (χ4v) is 2.93. The summed E-state index contributed by atoms with van der Waals surface area (Å²) in [4.78, 5) is 1.22. The van der Waals surface area contributed by atoms with Gasteiger partial charge in [0.15, 0.2) is 0 Å². The van der Waals surface area contributed by atoms with Gasteiger partial charge in [-0.15, -0.1) is 11.3 Å². The van der Waals surface area contributed by atoms with E-state index in [2.05, 4.69) is 35.7 Å². The highest BCUT2D eigenvalue weighted by molar-refractivity contribution is 7.09. The van der Waals surface area contributed by atoms with Gasteiger partial charge in [-0.25, -0.2) is 0 Å². The van der Waals surface area contributed by atoms with E-state index in [0.717, 1.165) is 16.7 Å². The summed E-state index contributed by atoms with van der Waals surface area (Å²) in [5, 5.41) is 4.37. The highest BCUT2D eigenvalue weighted by atomic mass is 32.1. The molecule has 102 valence electrons. The zero-order valence-corrected chi connectivity index (χ0v) is 12.2. The lowest BCUT2D eigenvalue weighted by atomic mass is 10.0. The molecular formula is C17H17NOS. The van der Waals surface area contributed by atoms with Crippen LogP contribution in [-0.2, 0) is 6.61 Å². The Morgan fingerprint density at radius 1 is 1.10 bits per heavy atom. The summed E-state index contributed by atoms with van der Waals surface area (Å²) in [6, 6.07) is 16.5. The summed E-state index contributed by atoms with van der Waals surface area (Å²) in [6.45, 7) is 2.58. The number of ether oxygens (including phenoxy) is 1. The molecule has 0 radical (unpaired) electrons. The second-order valence-corrected chi connectivity index (χ2v) is 5.89. The number of benzene rings is 2. The molecule has 0 saturated heterocycles. The van der Waals surface area contributed by atoms with Gasteiger partial charge < -0.3 is 10.5 Å². The van der Waals surface area contributed by atoms with Crippen LogP contribution in [0.2, 0.25) is 0 Å². The molecule has 0 aliphatic rings. The topological polar surface area (TPSA) is 35.2 Å². The molecule has 1 heterocycles. The van der Waals surface area contributed by atoms with Gasteiger partial charge in [-0.3, -0.25) is 0 Å². The fraction of sp³-hybridized carbons (Fsp3) is 0.176. The molecule has 1 aromatic heterocycles. The van der Waals surface area contributed by atoms with Crippen LogP contribution in [0.5, 0.6) is 5.75 Å².